The Bertz CT molecular complexity index is 371. The summed E-state index contributed by atoms with van der Waals surface area (Å²) in [6, 6.07) is 0. The minimum atomic E-state index is 0.278. The number of aliphatic hydroxyl groups is 1. The van der Waals surface area contributed by atoms with Crippen molar-refractivity contribution in [3.63, 3.8) is 0 Å². The molecule has 1 saturated carbocycles. The molecule has 0 aromatic heterocycles. The summed E-state index contributed by atoms with van der Waals surface area (Å²) >= 11 is 2.21. The number of hydrogen-bond donors (Lipinski definition) is 2. The van der Waals surface area contributed by atoms with E-state index in [1.165, 1.54) is 44.3 Å². The monoisotopic (exact) mass is 355 g/mol. The number of nitrogens with zero attached hydrogens (tertiary/aromatic N) is 2. The summed E-state index contributed by atoms with van der Waals surface area (Å²) in [5.41, 5.74) is 0. The van der Waals surface area contributed by atoms with E-state index < -0.39 is 0 Å². The van der Waals surface area contributed by atoms with E-state index >= 15 is 0 Å². The number of thioether (sulfide) groups is 1. The van der Waals surface area contributed by atoms with Crippen LogP contribution >= 0.6 is 11.8 Å². The Balaban J connectivity index is 2.00. The molecule has 1 atom stereocenters. The standard InChI is InChI=1S/C19H37N3OS/c1-3-8-17(9-13-23)15-21-18(20-4-2)22-12-14-24-19(16-22)10-6-5-7-11-19/h17,23H,3-16H2,1-2H3,(H,20,21). The first-order valence-electron chi connectivity index (χ1n) is 10.0. The van der Waals surface area contributed by atoms with Gasteiger partial charge in [-0.05, 0) is 38.5 Å². The minimum absolute atomic E-state index is 0.278. The van der Waals surface area contributed by atoms with Gasteiger partial charge in [-0.2, -0.15) is 11.8 Å². The van der Waals surface area contributed by atoms with Gasteiger partial charge in [0.05, 0.1) is 0 Å². The SMILES string of the molecule is CCCC(CCO)CN=C(NCC)N1CCSC2(CCCCC2)C1. The normalized spacial score (nSPS) is 22.6. The zero-order valence-corrected chi connectivity index (χ0v) is 16.5. The molecule has 1 saturated heterocycles. The third kappa shape index (κ3) is 5.83. The quantitative estimate of drug-likeness (QED) is 0.542. The van der Waals surface area contributed by atoms with Crippen LogP contribution in [0.1, 0.15) is 65.2 Å². The van der Waals surface area contributed by atoms with Crippen LogP contribution in [-0.2, 0) is 0 Å². The van der Waals surface area contributed by atoms with Gasteiger partial charge in [-0.3, -0.25) is 4.99 Å². The van der Waals surface area contributed by atoms with Gasteiger partial charge in [0.15, 0.2) is 5.96 Å². The number of aliphatic hydroxyl groups excluding tert-OH is 1. The van der Waals surface area contributed by atoms with E-state index in [9.17, 15) is 5.11 Å². The zero-order valence-electron chi connectivity index (χ0n) is 15.7. The third-order valence-electron chi connectivity index (χ3n) is 5.38. The predicted octanol–water partition coefficient (Wildman–Crippen LogP) is 3.50. The summed E-state index contributed by atoms with van der Waals surface area (Å²) in [4.78, 5) is 7.47. The molecule has 0 amide bonds. The molecule has 2 rings (SSSR count). The fourth-order valence-electron chi connectivity index (χ4n) is 4.08. The molecule has 2 N–H and O–H groups in total. The maximum Gasteiger partial charge on any atom is 0.193 e. The van der Waals surface area contributed by atoms with E-state index in [0.29, 0.717) is 10.7 Å². The lowest BCUT2D eigenvalue weighted by atomic mass is 9.87. The van der Waals surface area contributed by atoms with Crippen molar-refractivity contribution in [2.45, 2.75) is 70.0 Å². The van der Waals surface area contributed by atoms with Crippen LogP contribution in [0.2, 0.25) is 0 Å². The van der Waals surface area contributed by atoms with Crippen molar-refractivity contribution in [3.05, 3.63) is 0 Å². The average molecular weight is 356 g/mol. The van der Waals surface area contributed by atoms with Gasteiger partial charge in [-0.1, -0.05) is 32.6 Å². The van der Waals surface area contributed by atoms with E-state index in [0.717, 1.165) is 45.0 Å². The van der Waals surface area contributed by atoms with Crippen LogP contribution in [0.5, 0.6) is 0 Å². The van der Waals surface area contributed by atoms with Gasteiger partial charge >= 0.3 is 0 Å². The summed E-state index contributed by atoms with van der Waals surface area (Å²) in [6.07, 6.45) is 10.1. The molecule has 1 aliphatic heterocycles. The van der Waals surface area contributed by atoms with Gasteiger partial charge in [0, 0.05) is 43.3 Å². The van der Waals surface area contributed by atoms with Crippen LogP contribution in [0.25, 0.3) is 0 Å². The van der Waals surface area contributed by atoms with Crippen molar-refractivity contribution in [1.82, 2.24) is 10.2 Å². The summed E-state index contributed by atoms with van der Waals surface area (Å²) in [7, 11) is 0. The van der Waals surface area contributed by atoms with E-state index in [1.54, 1.807) is 0 Å². The molecular formula is C19H37N3OS. The lowest BCUT2D eigenvalue weighted by molar-refractivity contribution is 0.252. The Morgan fingerprint density at radius 1 is 1.25 bits per heavy atom. The van der Waals surface area contributed by atoms with Gasteiger partial charge in [0.2, 0.25) is 0 Å². The van der Waals surface area contributed by atoms with E-state index in [2.05, 4.69) is 35.8 Å². The van der Waals surface area contributed by atoms with E-state index in [4.69, 9.17) is 4.99 Å². The van der Waals surface area contributed by atoms with Crippen LogP contribution in [-0.4, -0.2) is 59.3 Å². The Kier molecular flexibility index (Phi) is 8.74. The maximum absolute atomic E-state index is 9.27. The molecule has 2 fully saturated rings. The highest BCUT2D eigenvalue weighted by Gasteiger charge is 2.38. The molecule has 4 nitrogen and oxygen atoms in total. The number of hydrogen-bond acceptors (Lipinski definition) is 3. The summed E-state index contributed by atoms with van der Waals surface area (Å²) in [6.45, 7) is 8.68. The van der Waals surface area contributed by atoms with Gasteiger partial charge in [0.1, 0.15) is 0 Å². The average Bonchev–Trinajstić information content (AvgIpc) is 2.59. The molecule has 2 aliphatic rings. The lowest BCUT2D eigenvalue weighted by Crippen LogP contribution is -2.53. The van der Waals surface area contributed by atoms with Gasteiger partial charge < -0.3 is 15.3 Å². The van der Waals surface area contributed by atoms with Gasteiger partial charge in [-0.15, -0.1) is 0 Å². The highest BCUT2D eigenvalue weighted by Crippen LogP contribution is 2.42. The van der Waals surface area contributed by atoms with Crippen molar-refractivity contribution >= 4 is 17.7 Å². The molecule has 1 spiro atoms. The highest BCUT2D eigenvalue weighted by molar-refractivity contribution is 8.00. The molecule has 1 unspecified atom stereocenters. The molecule has 1 aliphatic carbocycles. The zero-order chi connectivity index (χ0) is 17.3. The van der Waals surface area contributed by atoms with Crippen LogP contribution in [0.3, 0.4) is 0 Å². The fraction of sp³-hybridized carbons (Fsp3) is 0.947. The lowest BCUT2D eigenvalue weighted by Gasteiger charge is -2.45. The van der Waals surface area contributed by atoms with E-state index in [-0.39, 0.29) is 6.61 Å². The van der Waals surface area contributed by atoms with Crippen molar-refractivity contribution in [3.8, 4) is 0 Å². The van der Waals surface area contributed by atoms with Gasteiger partial charge in [-0.25, -0.2) is 0 Å². The Morgan fingerprint density at radius 2 is 2.04 bits per heavy atom. The summed E-state index contributed by atoms with van der Waals surface area (Å²) in [5, 5.41) is 12.8. The first kappa shape index (κ1) is 19.9. The van der Waals surface area contributed by atoms with Crippen molar-refractivity contribution in [2.24, 2.45) is 10.9 Å². The second kappa shape index (κ2) is 10.5. The van der Waals surface area contributed by atoms with Crippen molar-refractivity contribution in [2.75, 3.05) is 38.5 Å². The summed E-state index contributed by atoms with van der Waals surface area (Å²) in [5.74, 6) is 2.83. The van der Waals surface area contributed by atoms with Crippen molar-refractivity contribution < 1.29 is 5.11 Å². The molecule has 0 aromatic rings. The molecule has 0 aromatic carbocycles. The van der Waals surface area contributed by atoms with Gasteiger partial charge in [0.25, 0.3) is 0 Å². The second-order valence-corrected chi connectivity index (χ2v) is 8.94. The maximum atomic E-state index is 9.27. The second-order valence-electron chi connectivity index (χ2n) is 7.38. The van der Waals surface area contributed by atoms with Crippen molar-refractivity contribution in [1.29, 1.82) is 0 Å². The largest absolute Gasteiger partial charge is 0.396 e. The topological polar surface area (TPSA) is 47.9 Å². The van der Waals surface area contributed by atoms with Crippen LogP contribution in [0, 0.1) is 5.92 Å². The fourth-order valence-corrected chi connectivity index (χ4v) is 5.65. The molecule has 0 radical (unpaired) electrons. The van der Waals surface area contributed by atoms with Crippen LogP contribution in [0.4, 0.5) is 0 Å². The molecule has 140 valence electrons. The number of nitrogens with one attached hydrogen (secondary N) is 1. The Hall–Kier alpha value is -0.420. The smallest absolute Gasteiger partial charge is 0.193 e. The molecular weight excluding hydrogens is 318 g/mol. The number of aliphatic imine (C=N–C) groups is 1. The first-order valence-corrected chi connectivity index (χ1v) is 11.0. The van der Waals surface area contributed by atoms with Crippen LogP contribution < -0.4 is 5.32 Å². The molecule has 5 heteroatoms. The predicted molar refractivity (Wildman–Crippen MR) is 106 cm³/mol. The third-order valence-corrected chi connectivity index (χ3v) is 6.92. The molecule has 24 heavy (non-hydrogen) atoms. The Morgan fingerprint density at radius 3 is 2.71 bits per heavy atom. The van der Waals surface area contributed by atoms with E-state index in [1.807, 2.05) is 0 Å². The molecule has 0 bridgehead atoms. The number of rotatable bonds is 7. The molecule has 1 heterocycles. The van der Waals surface area contributed by atoms with Crippen LogP contribution in [0.15, 0.2) is 4.99 Å². The Labute approximate surface area is 152 Å². The first-order chi connectivity index (χ1) is 11.7. The summed E-state index contributed by atoms with van der Waals surface area (Å²) < 4.78 is 0.473. The number of guanidine groups is 1. The highest BCUT2D eigenvalue weighted by atomic mass is 32.2. The minimum Gasteiger partial charge on any atom is -0.396 e.